The largest absolute Gasteiger partial charge is 0.327 e. The number of nitrogens with one attached hydrogen (secondary N) is 1. The maximum Gasteiger partial charge on any atom is 0.00887 e. The minimum absolute atomic E-state index is 0.441. The molecule has 8 heavy (non-hydrogen) atoms. The summed E-state index contributed by atoms with van der Waals surface area (Å²) in [6.45, 7) is 4.39. The van der Waals surface area contributed by atoms with Crippen LogP contribution < -0.4 is 11.1 Å². The predicted molar refractivity (Wildman–Crippen MR) is 34.6 cm³/mol. The zero-order valence-corrected chi connectivity index (χ0v) is 5.35. The summed E-state index contributed by atoms with van der Waals surface area (Å²) in [5.41, 5.74) is 5.74. The van der Waals surface area contributed by atoms with E-state index in [0.29, 0.717) is 12.0 Å². The first-order chi connectivity index (χ1) is 3.80. The van der Waals surface area contributed by atoms with E-state index >= 15 is 0 Å². The molecule has 48 valence electrons. The Morgan fingerprint density at radius 1 is 1.62 bits per heavy atom. The SMILES string of the molecule is CC1CNCC[C@@H]1N. The van der Waals surface area contributed by atoms with E-state index in [-0.39, 0.29) is 0 Å². The maximum absolute atomic E-state index is 5.74. The Morgan fingerprint density at radius 2 is 2.38 bits per heavy atom. The van der Waals surface area contributed by atoms with Gasteiger partial charge in [-0.15, -0.1) is 0 Å². The van der Waals surface area contributed by atoms with Crippen LogP contribution in [0, 0.1) is 5.92 Å². The summed E-state index contributed by atoms with van der Waals surface area (Å²) < 4.78 is 0. The second-order valence-electron chi connectivity index (χ2n) is 2.63. The van der Waals surface area contributed by atoms with E-state index in [1.165, 1.54) is 0 Å². The summed E-state index contributed by atoms with van der Waals surface area (Å²) in [6, 6.07) is 0.441. The second kappa shape index (κ2) is 2.46. The molecule has 1 aliphatic heterocycles. The molecule has 0 aromatic rings. The smallest absolute Gasteiger partial charge is 0.00887 e. The first-order valence-corrected chi connectivity index (χ1v) is 3.27. The molecule has 2 atom stereocenters. The average Bonchev–Trinajstić information content (AvgIpc) is 1.77. The third-order valence-electron chi connectivity index (χ3n) is 1.85. The highest BCUT2D eigenvalue weighted by Crippen LogP contribution is 2.06. The van der Waals surface area contributed by atoms with Crippen LogP contribution in [0.3, 0.4) is 0 Å². The van der Waals surface area contributed by atoms with Crippen molar-refractivity contribution in [3.05, 3.63) is 0 Å². The highest BCUT2D eigenvalue weighted by atomic mass is 14.9. The van der Waals surface area contributed by atoms with Gasteiger partial charge in [-0.2, -0.15) is 0 Å². The van der Waals surface area contributed by atoms with Gasteiger partial charge in [0.15, 0.2) is 0 Å². The van der Waals surface area contributed by atoms with Crippen LogP contribution in [0.15, 0.2) is 0 Å². The topological polar surface area (TPSA) is 38.0 Å². The van der Waals surface area contributed by atoms with Crippen molar-refractivity contribution in [1.82, 2.24) is 5.32 Å². The molecule has 0 saturated carbocycles. The molecule has 0 radical (unpaired) electrons. The molecular formula is C6H14N2. The zero-order valence-electron chi connectivity index (χ0n) is 5.35. The summed E-state index contributed by atoms with van der Waals surface area (Å²) in [7, 11) is 0. The van der Waals surface area contributed by atoms with Crippen molar-refractivity contribution < 1.29 is 0 Å². The molecule has 2 nitrogen and oxygen atoms in total. The predicted octanol–water partition coefficient (Wildman–Crippen LogP) is -0.0569. The molecule has 1 rings (SSSR count). The quantitative estimate of drug-likeness (QED) is 0.463. The van der Waals surface area contributed by atoms with Crippen molar-refractivity contribution in [3.63, 3.8) is 0 Å². The lowest BCUT2D eigenvalue weighted by molar-refractivity contribution is 0.349. The first-order valence-electron chi connectivity index (χ1n) is 3.27. The lowest BCUT2D eigenvalue weighted by Gasteiger charge is -2.25. The van der Waals surface area contributed by atoms with Crippen LogP contribution >= 0.6 is 0 Å². The van der Waals surface area contributed by atoms with Crippen molar-refractivity contribution in [2.24, 2.45) is 11.7 Å². The molecule has 0 aliphatic carbocycles. The molecule has 1 saturated heterocycles. The fourth-order valence-electron chi connectivity index (χ4n) is 1.03. The summed E-state index contributed by atoms with van der Waals surface area (Å²) >= 11 is 0. The van der Waals surface area contributed by atoms with E-state index in [2.05, 4.69) is 12.2 Å². The maximum atomic E-state index is 5.74. The van der Waals surface area contributed by atoms with Gasteiger partial charge in [-0.3, -0.25) is 0 Å². The number of hydrogen-bond donors (Lipinski definition) is 2. The van der Waals surface area contributed by atoms with Crippen molar-refractivity contribution in [2.45, 2.75) is 19.4 Å². The van der Waals surface area contributed by atoms with Gasteiger partial charge in [0.1, 0.15) is 0 Å². The highest BCUT2D eigenvalue weighted by molar-refractivity contribution is 4.76. The minimum atomic E-state index is 0.441. The summed E-state index contributed by atoms with van der Waals surface area (Å²) in [4.78, 5) is 0. The van der Waals surface area contributed by atoms with Crippen LogP contribution in [-0.2, 0) is 0 Å². The van der Waals surface area contributed by atoms with Gasteiger partial charge in [-0.1, -0.05) is 6.92 Å². The molecule has 0 spiro atoms. The molecule has 0 amide bonds. The number of rotatable bonds is 0. The summed E-state index contributed by atoms with van der Waals surface area (Å²) in [5.74, 6) is 0.670. The first kappa shape index (κ1) is 6.05. The van der Waals surface area contributed by atoms with E-state index in [9.17, 15) is 0 Å². The third kappa shape index (κ3) is 1.20. The number of hydrogen-bond acceptors (Lipinski definition) is 2. The third-order valence-corrected chi connectivity index (χ3v) is 1.85. The van der Waals surface area contributed by atoms with E-state index in [0.717, 1.165) is 19.5 Å². The molecule has 1 aliphatic rings. The van der Waals surface area contributed by atoms with Gasteiger partial charge in [-0.05, 0) is 25.4 Å². The Bertz CT molecular complexity index is 62.9. The molecule has 1 fully saturated rings. The Morgan fingerprint density at radius 3 is 2.75 bits per heavy atom. The monoisotopic (exact) mass is 114 g/mol. The van der Waals surface area contributed by atoms with Gasteiger partial charge < -0.3 is 11.1 Å². The van der Waals surface area contributed by atoms with Crippen LogP contribution in [0.2, 0.25) is 0 Å². The Balaban J connectivity index is 2.28. The molecule has 0 aromatic carbocycles. The molecule has 1 unspecified atom stereocenters. The average molecular weight is 114 g/mol. The molecular weight excluding hydrogens is 100 g/mol. The molecule has 1 heterocycles. The standard InChI is InChI=1S/C6H14N2/c1-5-4-8-3-2-6(5)7/h5-6,8H,2-4,7H2,1H3/t5?,6-/m0/s1. The van der Waals surface area contributed by atoms with E-state index in [1.807, 2.05) is 0 Å². The van der Waals surface area contributed by atoms with Crippen LogP contribution in [0.4, 0.5) is 0 Å². The van der Waals surface area contributed by atoms with Gasteiger partial charge in [0.05, 0.1) is 0 Å². The Labute approximate surface area is 50.4 Å². The number of piperidine rings is 1. The molecule has 3 N–H and O–H groups in total. The van der Waals surface area contributed by atoms with Crippen molar-refractivity contribution in [3.8, 4) is 0 Å². The lowest BCUT2D eigenvalue weighted by atomic mass is 9.97. The fourth-order valence-corrected chi connectivity index (χ4v) is 1.03. The van der Waals surface area contributed by atoms with Gasteiger partial charge in [0, 0.05) is 6.04 Å². The summed E-state index contributed by atoms with van der Waals surface area (Å²) in [6.07, 6.45) is 1.14. The minimum Gasteiger partial charge on any atom is -0.327 e. The van der Waals surface area contributed by atoms with Gasteiger partial charge in [0.25, 0.3) is 0 Å². The Kier molecular flexibility index (Phi) is 1.86. The molecule has 0 aromatic heterocycles. The van der Waals surface area contributed by atoms with Crippen LogP contribution in [0.1, 0.15) is 13.3 Å². The normalized spacial score (nSPS) is 39.8. The van der Waals surface area contributed by atoms with Crippen LogP contribution in [-0.4, -0.2) is 19.1 Å². The Hall–Kier alpha value is -0.0800. The van der Waals surface area contributed by atoms with Crippen LogP contribution in [0.5, 0.6) is 0 Å². The fraction of sp³-hybridized carbons (Fsp3) is 1.00. The molecule has 0 bridgehead atoms. The molecule has 2 heteroatoms. The van der Waals surface area contributed by atoms with E-state index in [4.69, 9.17) is 5.73 Å². The van der Waals surface area contributed by atoms with E-state index in [1.54, 1.807) is 0 Å². The van der Waals surface area contributed by atoms with Crippen molar-refractivity contribution in [2.75, 3.05) is 13.1 Å². The van der Waals surface area contributed by atoms with E-state index < -0.39 is 0 Å². The lowest BCUT2D eigenvalue weighted by Crippen LogP contribution is -2.43. The van der Waals surface area contributed by atoms with Gasteiger partial charge in [0.2, 0.25) is 0 Å². The summed E-state index contributed by atoms with van der Waals surface area (Å²) in [5, 5.41) is 3.28. The zero-order chi connectivity index (χ0) is 5.98. The van der Waals surface area contributed by atoms with Gasteiger partial charge >= 0.3 is 0 Å². The van der Waals surface area contributed by atoms with Crippen molar-refractivity contribution in [1.29, 1.82) is 0 Å². The second-order valence-corrected chi connectivity index (χ2v) is 2.63. The highest BCUT2D eigenvalue weighted by Gasteiger charge is 2.15. The van der Waals surface area contributed by atoms with Crippen molar-refractivity contribution >= 4 is 0 Å². The number of nitrogens with two attached hydrogens (primary N) is 1. The van der Waals surface area contributed by atoms with Crippen LogP contribution in [0.25, 0.3) is 0 Å². The van der Waals surface area contributed by atoms with Gasteiger partial charge in [-0.25, -0.2) is 0 Å².